The summed E-state index contributed by atoms with van der Waals surface area (Å²) in [5.74, 6) is -0.524. The highest BCUT2D eigenvalue weighted by Gasteiger charge is 2.27. The summed E-state index contributed by atoms with van der Waals surface area (Å²) in [7, 11) is -3.83. The number of benzene rings is 1. The van der Waals surface area contributed by atoms with E-state index < -0.39 is 10.0 Å². The molecule has 2 aromatic rings. The van der Waals surface area contributed by atoms with E-state index in [-0.39, 0.29) is 34.9 Å². The summed E-state index contributed by atoms with van der Waals surface area (Å²) in [5.41, 5.74) is 1.09. The Bertz CT molecular complexity index is 997. The van der Waals surface area contributed by atoms with E-state index >= 15 is 0 Å². The summed E-state index contributed by atoms with van der Waals surface area (Å²) in [6, 6.07) is 7.22. The van der Waals surface area contributed by atoms with Crippen molar-refractivity contribution in [1.29, 1.82) is 0 Å². The van der Waals surface area contributed by atoms with Crippen molar-refractivity contribution >= 4 is 15.9 Å². The van der Waals surface area contributed by atoms with Crippen LogP contribution in [0.25, 0.3) is 0 Å². The molecule has 1 unspecified atom stereocenters. The zero-order valence-electron chi connectivity index (χ0n) is 17.2. The summed E-state index contributed by atoms with van der Waals surface area (Å²) in [6.45, 7) is 3.93. The Labute approximate surface area is 181 Å². The van der Waals surface area contributed by atoms with Gasteiger partial charge in [0.2, 0.25) is 10.0 Å². The van der Waals surface area contributed by atoms with Crippen LogP contribution in [0, 0.1) is 5.82 Å². The van der Waals surface area contributed by atoms with Gasteiger partial charge in [-0.1, -0.05) is 12.1 Å². The van der Waals surface area contributed by atoms with Gasteiger partial charge in [-0.2, -0.15) is 0 Å². The average molecular weight is 451 g/mol. The van der Waals surface area contributed by atoms with Crippen molar-refractivity contribution in [2.75, 3.05) is 45.9 Å². The monoisotopic (exact) mass is 450 g/mol. The SMILES string of the molecule is O=C(c1cc(S(=O)(=O)NCC(c2ccc(F)cc2)N2CCOCC2)c[nH]1)N1CCCC1. The maximum atomic E-state index is 13.4. The third-order valence-electron chi connectivity index (χ3n) is 5.80. The van der Waals surface area contributed by atoms with Crippen LogP contribution in [0.3, 0.4) is 0 Å². The zero-order valence-corrected chi connectivity index (χ0v) is 18.0. The third kappa shape index (κ3) is 5.15. The number of morpholine rings is 1. The second-order valence-electron chi connectivity index (χ2n) is 7.82. The predicted octanol–water partition coefficient (Wildman–Crippen LogP) is 1.74. The summed E-state index contributed by atoms with van der Waals surface area (Å²) >= 11 is 0. The standard InChI is InChI=1S/C21H27FN4O4S/c22-17-5-3-16(4-6-17)20(25-9-11-30-12-10-25)15-24-31(28,29)18-13-19(23-14-18)21(27)26-7-1-2-8-26/h3-6,13-14,20,23-24H,1-2,7-12,15H2. The van der Waals surface area contributed by atoms with E-state index in [1.54, 1.807) is 17.0 Å². The first kappa shape index (κ1) is 21.9. The number of nitrogens with one attached hydrogen (secondary N) is 2. The molecular formula is C21H27FN4O4S. The molecule has 31 heavy (non-hydrogen) atoms. The highest BCUT2D eigenvalue weighted by atomic mass is 32.2. The molecule has 2 aliphatic rings. The highest BCUT2D eigenvalue weighted by molar-refractivity contribution is 7.89. The lowest BCUT2D eigenvalue weighted by molar-refractivity contribution is 0.0172. The van der Waals surface area contributed by atoms with Crippen LogP contribution in [-0.2, 0) is 14.8 Å². The van der Waals surface area contributed by atoms with E-state index in [1.807, 2.05) is 0 Å². The van der Waals surface area contributed by atoms with E-state index in [0.29, 0.717) is 39.4 Å². The van der Waals surface area contributed by atoms with Crippen molar-refractivity contribution in [1.82, 2.24) is 19.5 Å². The number of hydrogen-bond acceptors (Lipinski definition) is 5. The molecular weight excluding hydrogens is 423 g/mol. The van der Waals surface area contributed by atoms with Gasteiger partial charge in [-0.15, -0.1) is 0 Å². The number of H-pyrrole nitrogens is 1. The summed E-state index contributed by atoms with van der Waals surface area (Å²) in [4.78, 5) is 19.2. The van der Waals surface area contributed by atoms with Crippen LogP contribution in [0.15, 0.2) is 41.4 Å². The second-order valence-corrected chi connectivity index (χ2v) is 9.58. The van der Waals surface area contributed by atoms with Crippen LogP contribution in [0.4, 0.5) is 4.39 Å². The van der Waals surface area contributed by atoms with Gasteiger partial charge in [0.05, 0.1) is 13.2 Å². The number of hydrogen-bond donors (Lipinski definition) is 2. The first-order chi connectivity index (χ1) is 14.9. The van der Waals surface area contributed by atoms with Crippen LogP contribution >= 0.6 is 0 Å². The van der Waals surface area contributed by atoms with Gasteiger partial charge in [0, 0.05) is 45.0 Å². The molecule has 1 aromatic heterocycles. The third-order valence-corrected chi connectivity index (χ3v) is 7.20. The molecule has 1 atom stereocenters. The lowest BCUT2D eigenvalue weighted by Crippen LogP contribution is -2.43. The van der Waals surface area contributed by atoms with Crippen molar-refractivity contribution in [2.45, 2.75) is 23.8 Å². The number of rotatable bonds is 7. The van der Waals surface area contributed by atoms with Gasteiger partial charge >= 0.3 is 0 Å². The average Bonchev–Trinajstić information content (AvgIpc) is 3.48. The normalized spacial score (nSPS) is 18.9. The number of carbonyl (C=O) groups excluding carboxylic acids is 1. The number of sulfonamides is 1. The number of aromatic amines is 1. The molecule has 0 saturated carbocycles. The molecule has 8 nitrogen and oxygen atoms in total. The lowest BCUT2D eigenvalue weighted by atomic mass is 10.0. The first-order valence-electron chi connectivity index (χ1n) is 10.5. The number of amides is 1. The van der Waals surface area contributed by atoms with Crippen LogP contribution < -0.4 is 4.72 Å². The number of ether oxygens (including phenoxy) is 1. The van der Waals surface area contributed by atoms with Gasteiger partial charge < -0.3 is 14.6 Å². The van der Waals surface area contributed by atoms with Crippen molar-refractivity contribution < 1.29 is 22.3 Å². The summed E-state index contributed by atoms with van der Waals surface area (Å²) in [5, 5.41) is 0. The molecule has 4 rings (SSSR count). The molecule has 2 fully saturated rings. The molecule has 0 aliphatic carbocycles. The first-order valence-corrected chi connectivity index (χ1v) is 12.0. The molecule has 168 valence electrons. The van der Waals surface area contributed by atoms with Crippen molar-refractivity contribution in [3.63, 3.8) is 0 Å². The Morgan fingerprint density at radius 3 is 2.48 bits per heavy atom. The quantitative estimate of drug-likeness (QED) is 0.670. The maximum Gasteiger partial charge on any atom is 0.270 e. The molecule has 0 spiro atoms. The number of nitrogens with zero attached hydrogens (tertiary/aromatic N) is 2. The molecule has 10 heteroatoms. The second kappa shape index (κ2) is 9.47. The molecule has 0 radical (unpaired) electrons. The fraction of sp³-hybridized carbons (Fsp3) is 0.476. The Morgan fingerprint density at radius 1 is 1.13 bits per heavy atom. The molecule has 2 saturated heterocycles. The number of halogens is 1. The van der Waals surface area contributed by atoms with Crippen molar-refractivity contribution in [3.05, 3.63) is 53.6 Å². The summed E-state index contributed by atoms with van der Waals surface area (Å²) < 4.78 is 47.3. The Hall–Kier alpha value is -2.27. The van der Waals surface area contributed by atoms with Gasteiger partial charge in [0.1, 0.15) is 16.4 Å². The Balaban J connectivity index is 1.48. The topological polar surface area (TPSA) is 94.7 Å². The van der Waals surface area contributed by atoms with Crippen molar-refractivity contribution in [2.24, 2.45) is 0 Å². The minimum Gasteiger partial charge on any atom is -0.379 e. The predicted molar refractivity (Wildman–Crippen MR) is 113 cm³/mol. The van der Waals surface area contributed by atoms with E-state index in [0.717, 1.165) is 18.4 Å². The molecule has 2 N–H and O–H groups in total. The molecule has 0 bridgehead atoms. The molecule has 1 aromatic carbocycles. The zero-order chi connectivity index (χ0) is 21.8. The maximum absolute atomic E-state index is 13.4. The molecule has 1 amide bonds. The Morgan fingerprint density at radius 2 is 1.81 bits per heavy atom. The van der Waals surface area contributed by atoms with Gasteiger partial charge in [-0.3, -0.25) is 9.69 Å². The number of aromatic nitrogens is 1. The number of carbonyl (C=O) groups is 1. The highest BCUT2D eigenvalue weighted by Crippen LogP contribution is 2.23. The fourth-order valence-electron chi connectivity index (χ4n) is 4.05. The van der Waals surface area contributed by atoms with Gasteiger partial charge in [-0.05, 0) is 36.6 Å². The van der Waals surface area contributed by atoms with E-state index in [9.17, 15) is 17.6 Å². The minimum absolute atomic E-state index is 0.0230. The summed E-state index contributed by atoms with van der Waals surface area (Å²) in [6.07, 6.45) is 3.27. The van der Waals surface area contributed by atoms with E-state index in [1.165, 1.54) is 24.4 Å². The van der Waals surface area contributed by atoms with Gasteiger partial charge in [0.15, 0.2) is 0 Å². The van der Waals surface area contributed by atoms with Gasteiger partial charge in [-0.25, -0.2) is 17.5 Å². The Kier molecular flexibility index (Phi) is 6.71. The molecule has 3 heterocycles. The largest absolute Gasteiger partial charge is 0.379 e. The number of likely N-dealkylation sites (tertiary alicyclic amines) is 1. The van der Waals surface area contributed by atoms with Crippen LogP contribution in [0.2, 0.25) is 0 Å². The van der Waals surface area contributed by atoms with Crippen LogP contribution in [0.1, 0.15) is 34.9 Å². The minimum atomic E-state index is -3.83. The van der Waals surface area contributed by atoms with Gasteiger partial charge in [0.25, 0.3) is 5.91 Å². The van der Waals surface area contributed by atoms with Crippen LogP contribution in [0.5, 0.6) is 0 Å². The van der Waals surface area contributed by atoms with Crippen LogP contribution in [-0.4, -0.2) is 75.0 Å². The van der Waals surface area contributed by atoms with E-state index in [4.69, 9.17) is 4.74 Å². The van der Waals surface area contributed by atoms with Crippen molar-refractivity contribution in [3.8, 4) is 0 Å². The lowest BCUT2D eigenvalue weighted by Gasteiger charge is -2.34. The molecule has 2 aliphatic heterocycles. The smallest absolute Gasteiger partial charge is 0.270 e. The van der Waals surface area contributed by atoms with E-state index in [2.05, 4.69) is 14.6 Å². The fourth-order valence-corrected chi connectivity index (χ4v) is 5.08.